The molecule has 3 nitrogen and oxygen atoms in total. The predicted molar refractivity (Wildman–Crippen MR) is 31.7 cm³/mol. The van der Waals surface area contributed by atoms with E-state index in [0.29, 0.717) is 0 Å². The summed E-state index contributed by atoms with van der Waals surface area (Å²) in [6.45, 7) is 0. The topological polar surface area (TPSA) is 38.0 Å². The zero-order valence-corrected chi connectivity index (χ0v) is 5.35. The van der Waals surface area contributed by atoms with Gasteiger partial charge in [-0.15, -0.1) is 12.4 Å². The van der Waals surface area contributed by atoms with Gasteiger partial charge in [-0.2, -0.15) is 4.73 Å². The molecule has 0 spiro atoms. The van der Waals surface area contributed by atoms with Gasteiger partial charge in [0.1, 0.15) is 0 Å². The lowest BCUT2D eigenvalue weighted by Gasteiger charge is -1.83. The molecule has 8 heavy (non-hydrogen) atoms. The largest absolute Gasteiger partial charge is 0.426 e. The molecule has 46 valence electrons. The summed E-state index contributed by atoms with van der Waals surface area (Å²) in [5.41, 5.74) is 0. The van der Waals surface area contributed by atoms with Crippen LogP contribution in [0.4, 0.5) is 0 Å². The van der Waals surface area contributed by atoms with Gasteiger partial charge >= 0.3 is 0 Å². The minimum absolute atomic E-state index is 0. The molecule has 5 heteroatoms. The first-order valence-electron chi connectivity index (χ1n) is 1.69. The SMILES string of the molecule is Cl.On1ccnc1Cl. The molecule has 0 saturated heterocycles. The molecule has 1 aromatic heterocycles. The van der Waals surface area contributed by atoms with Crippen molar-refractivity contribution in [2.45, 2.75) is 0 Å². The van der Waals surface area contributed by atoms with Crippen molar-refractivity contribution < 1.29 is 5.21 Å². The molecule has 0 aliphatic carbocycles. The third-order valence-electron chi connectivity index (χ3n) is 0.578. The highest BCUT2D eigenvalue weighted by Gasteiger charge is 1.89. The van der Waals surface area contributed by atoms with Crippen molar-refractivity contribution in [1.29, 1.82) is 0 Å². The van der Waals surface area contributed by atoms with E-state index >= 15 is 0 Å². The van der Waals surface area contributed by atoms with Crippen molar-refractivity contribution >= 4 is 24.0 Å². The molecule has 1 aromatic rings. The Balaban J connectivity index is 0.000000490. The number of halogens is 2. The molecule has 0 aliphatic heterocycles. The third kappa shape index (κ3) is 1.28. The Hall–Kier alpha value is -0.410. The van der Waals surface area contributed by atoms with Crippen LogP contribution >= 0.6 is 24.0 Å². The van der Waals surface area contributed by atoms with Gasteiger partial charge in [0, 0.05) is 0 Å². The van der Waals surface area contributed by atoms with Gasteiger partial charge in [0.15, 0.2) is 0 Å². The molecule has 0 fully saturated rings. The molecule has 0 radical (unpaired) electrons. The maximum Gasteiger partial charge on any atom is 0.236 e. The van der Waals surface area contributed by atoms with E-state index in [2.05, 4.69) is 4.98 Å². The molecule has 0 atom stereocenters. The van der Waals surface area contributed by atoms with Gasteiger partial charge in [0.2, 0.25) is 5.28 Å². The standard InChI is InChI=1S/C3H3ClN2O.ClH/c4-3-5-1-2-6(3)7;/h1-2,7H;1H. The van der Waals surface area contributed by atoms with Crippen LogP contribution in [0.1, 0.15) is 0 Å². The zero-order valence-electron chi connectivity index (χ0n) is 3.78. The van der Waals surface area contributed by atoms with Crippen LogP contribution in [0, 0.1) is 0 Å². The van der Waals surface area contributed by atoms with E-state index in [1.165, 1.54) is 12.4 Å². The molecular weight excluding hydrogens is 151 g/mol. The lowest BCUT2D eigenvalue weighted by Crippen LogP contribution is -1.84. The normalized spacial score (nSPS) is 8.12. The van der Waals surface area contributed by atoms with Crippen molar-refractivity contribution in [3.8, 4) is 0 Å². The molecule has 1 N–H and O–H groups in total. The highest BCUT2D eigenvalue weighted by Crippen LogP contribution is 1.98. The summed E-state index contributed by atoms with van der Waals surface area (Å²) >= 11 is 5.23. The fourth-order valence-corrected chi connectivity index (χ4v) is 0.391. The van der Waals surface area contributed by atoms with Crippen LogP contribution in [0.25, 0.3) is 0 Å². The first-order chi connectivity index (χ1) is 3.30. The summed E-state index contributed by atoms with van der Waals surface area (Å²) in [7, 11) is 0. The fourth-order valence-electron chi connectivity index (χ4n) is 0.279. The van der Waals surface area contributed by atoms with E-state index < -0.39 is 0 Å². The predicted octanol–water partition coefficient (Wildman–Crippen LogP) is 1.20. The Labute approximate surface area is 57.3 Å². The van der Waals surface area contributed by atoms with Crippen LogP contribution in [-0.4, -0.2) is 14.9 Å². The molecular formula is C3H4Cl2N2O. The van der Waals surface area contributed by atoms with Crippen LogP contribution in [-0.2, 0) is 0 Å². The van der Waals surface area contributed by atoms with Crippen LogP contribution in [0.15, 0.2) is 12.4 Å². The number of nitrogens with zero attached hydrogens (tertiary/aromatic N) is 2. The molecule has 0 aliphatic rings. The van der Waals surface area contributed by atoms with E-state index in [4.69, 9.17) is 16.8 Å². The fraction of sp³-hybridized carbons (Fsp3) is 0. The van der Waals surface area contributed by atoms with Gasteiger partial charge in [-0.25, -0.2) is 4.98 Å². The maximum atomic E-state index is 8.48. The van der Waals surface area contributed by atoms with Gasteiger partial charge in [-0.1, -0.05) is 0 Å². The highest BCUT2D eigenvalue weighted by atomic mass is 35.5. The number of aromatic nitrogens is 2. The Morgan fingerprint density at radius 2 is 2.38 bits per heavy atom. The van der Waals surface area contributed by atoms with Gasteiger partial charge in [0.05, 0.1) is 12.4 Å². The third-order valence-corrected chi connectivity index (χ3v) is 0.849. The Morgan fingerprint density at radius 1 is 1.75 bits per heavy atom. The maximum absolute atomic E-state index is 8.48. The number of hydrogen-bond acceptors (Lipinski definition) is 2. The summed E-state index contributed by atoms with van der Waals surface area (Å²) in [5, 5.41) is 8.56. The molecule has 0 aromatic carbocycles. The number of rotatable bonds is 0. The van der Waals surface area contributed by atoms with E-state index in [9.17, 15) is 0 Å². The lowest BCUT2D eigenvalue weighted by atomic mass is 11.0. The molecule has 0 saturated carbocycles. The van der Waals surface area contributed by atoms with Crippen molar-refractivity contribution in [3.63, 3.8) is 0 Å². The molecule has 0 amide bonds. The minimum Gasteiger partial charge on any atom is -0.426 e. The molecule has 0 bridgehead atoms. The average Bonchev–Trinajstić information content (AvgIpc) is 1.91. The van der Waals surface area contributed by atoms with Crippen LogP contribution in [0.2, 0.25) is 5.28 Å². The lowest BCUT2D eigenvalue weighted by molar-refractivity contribution is 0.186. The van der Waals surface area contributed by atoms with E-state index in [-0.39, 0.29) is 17.7 Å². The average molecular weight is 155 g/mol. The van der Waals surface area contributed by atoms with Crippen LogP contribution < -0.4 is 0 Å². The van der Waals surface area contributed by atoms with Gasteiger partial charge < -0.3 is 5.21 Å². The quantitative estimate of drug-likeness (QED) is 0.571. The minimum atomic E-state index is 0. The molecule has 0 unspecified atom stereocenters. The monoisotopic (exact) mass is 154 g/mol. The molecule has 1 heterocycles. The van der Waals surface area contributed by atoms with E-state index in [1.807, 2.05) is 0 Å². The second-order valence-corrected chi connectivity index (χ2v) is 1.38. The van der Waals surface area contributed by atoms with Crippen molar-refractivity contribution in [3.05, 3.63) is 17.7 Å². The smallest absolute Gasteiger partial charge is 0.236 e. The Kier molecular flexibility index (Phi) is 2.65. The summed E-state index contributed by atoms with van der Waals surface area (Å²) in [6, 6.07) is 0. The van der Waals surface area contributed by atoms with Crippen molar-refractivity contribution in [1.82, 2.24) is 9.71 Å². The Bertz CT molecular complexity index is 148. The van der Waals surface area contributed by atoms with E-state index in [0.717, 1.165) is 4.73 Å². The summed E-state index contributed by atoms with van der Waals surface area (Å²) in [4.78, 5) is 3.49. The van der Waals surface area contributed by atoms with Gasteiger partial charge in [-0.05, 0) is 11.6 Å². The van der Waals surface area contributed by atoms with Gasteiger partial charge in [0.25, 0.3) is 0 Å². The van der Waals surface area contributed by atoms with E-state index in [1.54, 1.807) is 0 Å². The summed E-state index contributed by atoms with van der Waals surface area (Å²) in [6.07, 6.45) is 2.75. The van der Waals surface area contributed by atoms with Crippen LogP contribution in [0.3, 0.4) is 0 Å². The second-order valence-electron chi connectivity index (χ2n) is 1.04. The summed E-state index contributed by atoms with van der Waals surface area (Å²) < 4.78 is 0.738. The van der Waals surface area contributed by atoms with Crippen LogP contribution in [0.5, 0.6) is 0 Å². The first-order valence-corrected chi connectivity index (χ1v) is 2.06. The summed E-state index contributed by atoms with van der Waals surface area (Å²) in [5.74, 6) is 0. The van der Waals surface area contributed by atoms with Crippen molar-refractivity contribution in [2.24, 2.45) is 0 Å². The number of hydrogen-bond donors (Lipinski definition) is 1. The Morgan fingerprint density at radius 3 is 2.50 bits per heavy atom. The highest BCUT2D eigenvalue weighted by molar-refractivity contribution is 6.28. The second kappa shape index (κ2) is 2.79. The number of imidazole rings is 1. The zero-order chi connectivity index (χ0) is 5.28. The van der Waals surface area contributed by atoms with Gasteiger partial charge in [-0.3, -0.25) is 0 Å². The first kappa shape index (κ1) is 7.59. The molecule has 1 rings (SSSR count). The van der Waals surface area contributed by atoms with Crippen molar-refractivity contribution in [2.75, 3.05) is 0 Å².